The number of rotatable bonds is 4. The molecule has 0 amide bonds. The number of nitrogens with zero attached hydrogens (tertiary/aromatic N) is 4. The molecule has 4 rings (SSSR count). The van der Waals surface area contributed by atoms with Crippen molar-refractivity contribution in [1.82, 2.24) is 19.7 Å². The number of carbonyl (C=O) groups excluding carboxylic acids is 1. The molecule has 6 nitrogen and oxygen atoms in total. The predicted molar refractivity (Wildman–Crippen MR) is 110 cm³/mol. The van der Waals surface area contributed by atoms with Gasteiger partial charge in [-0.2, -0.15) is 9.78 Å². The van der Waals surface area contributed by atoms with Gasteiger partial charge < -0.3 is 0 Å². The highest BCUT2D eigenvalue weighted by Crippen LogP contribution is 2.33. The first-order valence-corrected chi connectivity index (χ1v) is 9.90. The van der Waals surface area contributed by atoms with E-state index < -0.39 is 0 Å². The lowest BCUT2D eigenvalue weighted by molar-refractivity contribution is -0.116. The summed E-state index contributed by atoms with van der Waals surface area (Å²) in [5.41, 5.74) is 6.31. The van der Waals surface area contributed by atoms with E-state index in [0.29, 0.717) is 5.92 Å². The summed E-state index contributed by atoms with van der Waals surface area (Å²) in [5, 5.41) is 4.33. The molecule has 0 saturated heterocycles. The van der Waals surface area contributed by atoms with Crippen LogP contribution >= 0.6 is 0 Å². The van der Waals surface area contributed by atoms with Gasteiger partial charge in [-0.25, -0.2) is 9.97 Å². The first-order valence-electron chi connectivity index (χ1n) is 9.90. The SMILES string of the molecule is CC(=O)Cc1cnc(-n2ncc3c(c2=O)CCC(c2ccc(C)cc2C)C3)nc1. The summed E-state index contributed by atoms with van der Waals surface area (Å²) in [6, 6.07) is 6.58. The van der Waals surface area contributed by atoms with E-state index in [9.17, 15) is 9.59 Å². The van der Waals surface area contributed by atoms with Crippen LogP contribution in [0.1, 0.15) is 52.6 Å². The molecule has 0 N–H and O–H groups in total. The standard InChI is InChI=1S/C23H24N4O2/c1-14-4-6-20(15(2)8-14)18-5-7-21-19(10-18)13-26-27(22(21)29)23-24-11-17(12-25-23)9-16(3)28/h4,6,8,11-13,18H,5,7,9-10H2,1-3H3. The van der Waals surface area contributed by atoms with E-state index >= 15 is 0 Å². The lowest BCUT2D eigenvalue weighted by atomic mass is 9.79. The number of Topliss-reactive ketones (excluding diaryl/α,β-unsaturated/α-hetero) is 1. The van der Waals surface area contributed by atoms with Crippen LogP contribution in [0.5, 0.6) is 0 Å². The van der Waals surface area contributed by atoms with Crippen molar-refractivity contribution in [3.63, 3.8) is 0 Å². The molecule has 1 aliphatic carbocycles. The van der Waals surface area contributed by atoms with E-state index in [4.69, 9.17) is 0 Å². The molecule has 0 bridgehead atoms. The zero-order valence-corrected chi connectivity index (χ0v) is 17.0. The predicted octanol–water partition coefficient (Wildman–Crippen LogP) is 3.04. The maximum atomic E-state index is 13.0. The van der Waals surface area contributed by atoms with Crippen molar-refractivity contribution in [1.29, 1.82) is 0 Å². The molecule has 1 aromatic carbocycles. The van der Waals surface area contributed by atoms with Gasteiger partial charge in [0.1, 0.15) is 5.78 Å². The highest BCUT2D eigenvalue weighted by molar-refractivity contribution is 5.77. The molecular weight excluding hydrogens is 364 g/mol. The Kier molecular flexibility index (Phi) is 5.09. The topological polar surface area (TPSA) is 77.7 Å². The van der Waals surface area contributed by atoms with Crippen molar-refractivity contribution < 1.29 is 4.79 Å². The van der Waals surface area contributed by atoms with Gasteiger partial charge in [-0.1, -0.05) is 23.8 Å². The molecule has 0 radical (unpaired) electrons. The fraction of sp³-hybridized carbons (Fsp3) is 0.348. The van der Waals surface area contributed by atoms with Gasteiger partial charge in [0, 0.05) is 24.4 Å². The number of benzene rings is 1. The van der Waals surface area contributed by atoms with Crippen LogP contribution in [0.4, 0.5) is 0 Å². The quantitative estimate of drug-likeness (QED) is 0.686. The first-order chi connectivity index (χ1) is 13.9. The van der Waals surface area contributed by atoms with E-state index in [-0.39, 0.29) is 23.7 Å². The molecule has 0 fully saturated rings. The van der Waals surface area contributed by atoms with Crippen LogP contribution in [0, 0.1) is 13.8 Å². The summed E-state index contributed by atoms with van der Waals surface area (Å²) in [6.45, 7) is 5.78. The third-order valence-electron chi connectivity index (χ3n) is 5.58. The average molecular weight is 388 g/mol. The van der Waals surface area contributed by atoms with Crippen LogP contribution in [0.15, 0.2) is 41.6 Å². The van der Waals surface area contributed by atoms with Gasteiger partial charge >= 0.3 is 0 Å². The third kappa shape index (κ3) is 3.88. The molecule has 0 spiro atoms. The Labute approximate surface area is 169 Å². The van der Waals surface area contributed by atoms with Crippen molar-refractivity contribution in [3.05, 3.63) is 80.5 Å². The minimum atomic E-state index is -0.152. The number of carbonyl (C=O) groups is 1. The van der Waals surface area contributed by atoms with Crippen LogP contribution < -0.4 is 5.56 Å². The van der Waals surface area contributed by atoms with Crippen molar-refractivity contribution in [2.45, 2.75) is 52.4 Å². The highest BCUT2D eigenvalue weighted by atomic mass is 16.1. The van der Waals surface area contributed by atoms with Gasteiger partial charge in [0.05, 0.1) is 6.20 Å². The molecule has 6 heteroatoms. The second-order valence-corrected chi connectivity index (χ2v) is 7.94. The molecule has 0 saturated carbocycles. The number of hydrogen-bond acceptors (Lipinski definition) is 5. The Morgan fingerprint density at radius 2 is 1.93 bits per heavy atom. The van der Waals surface area contributed by atoms with Gasteiger partial charge in [0.2, 0.25) is 0 Å². The zero-order valence-electron chi connectivity index (χ0n) is 17.0. The number of ketones is 1. The van der Waals surface area contributed by atoms with Crippen LogP contribution in [0.2, 0.25) is 0 Å². The molecule has 3 aromatic rings. The second kappa shape index (κ2) is 7.70. The zero-order chi connectivity index (χ0) is 20.5. The van der Waals surface area contributed by atoms with Crippen LogP contribution in [-0.2, 0) is 24.1 Å². The minimum absolute atomic E-state index is 0.0452. The van der Waals surface area contributed by atoms with Gasteiger partial charge in [0.15, 0.2) is 0 Å². The number of aryl methyl sites for hydroxylation is 2. The Morgan fingerprint density at radius 3 is 2.62 bits per heavy atom. The van der Waals surface area contributed by atoms with Crippen molar-refractivity contribution in [2.24, 2.45) is 0 Å². The monoisotopic (exact) mass is 388 g/mol. The highest BCUT2D eigenvalue weighted by Gasteiger charge is 2.25. The molecule has 29 heavy (non-hydrogen) atoms. The fourth-order valence-electron chi connectivity index (χ4n) is 4.18. The average Bonchev–Trinajstić information content (AvgIpc) is 2.68. The van der Waals surface area contributed by atoms with Gasteiger partial charge in [-0.15, -0.1) is 0 Å². The van der Waals surface area contributed by atoms with Gasteiger partial charge in [-0.05, 0) is 68.2 Å². The molecule has 2 aromatic heterocycles. The van der Waals surface area contributed by atoms with Crippen molar-refractivity contribution >= 4 is 5.78 Å². The molecule has 2 heterocycles. The molecule has 1 aliphatic rings. The summed E-state index contributed by atoms with van der Waals surface area (Å²) >= 11 is 0. The first kappa shape index (κ1) is 19.2. The molecule has 1 atom stereocenters. The number of fused-ring (bicyclic) bond motifs is 1. The fourth-order valence-corrected chi connectivity index (χ4v) is 4.18. The van der Waals surface area contributed by atoms with Crippen LogP contribution in [0.25, 0.3) is 5.95 Å². The smallest absolute Gasteiger partial charge is 0.277 e. The Bertz CT molecular complexity index is 1130. The normalized spacial score (nSPS) is 15.8. The maximum absolute atomic E-state index is 13.0. The molecule has 0 aliphatic heterocycles. The lowest BCUT2D eigenvalue weighted by Crippen LogP contribution is -2.30. The largest absolute Gasteiger partial charge is 0.300 e. The Balaban J connectivity index is 1.61. The second-order valence-electron chi connectivity index (χ2n) is 7.94. The van der Waals surface area contributed by atoms with Crippen molar-refractivity contribution in [3.8, 4) is 5.95 Å². The summed E-state index contributed by atoms with van der Waals surface area (Å²) in [5.74, 6) is 0.688. The number of aromatic nitrogens is 4. The molecule has 1 unspecified atom stereocenters. The van der Waals surface area contributed by atoms with Gasteiger partial charge in [-0.3, -0.25) is 9.59 Å². The molecule has 148 valence electrons. The summed E-state index contributed by atoms with van der Waals surface area (Å²) in [4.78, 5) is 32.7. The van der Waals surface area contributed by atoms with Crippen molar-refractivity contribution in [2.75, 3.05) is 0 Å². The summed E-state index contributed by atoms with van der Waals surface area (Å²) in [6.07, 6.45) is 7.69. The lowest BCUT2D eigenvalue weighted by Gasteiger charge is -2.26. The van der Waals surface area contributed by atoms with Crippen LogP contribution in [0.3, 0.4) is 0 Å². The van der Waals surface area contributed by atoms with Gasteiger partial charge in [0.25, 0.3) is 11.5 Å². The summed E-state index contributed by atoms with van der Waals surface area (Å²) < 4.78 is 1.26. The minimum Gasteiger partial charge on any atom is -0.300 e. The summed E-state index contributed by atoms with van der Waals surface area (Å²) in [7, 11) is 0. The van der Waals surface area contributed by atoms with E-state index in [1.54, 1.807) is 18.6 Å². The van der Waals surface area contributed by atoms with Crippen LogP contribution in [-0.4, -0.2) is 25.5 Å². The Morgan fingerprint density at radius 1 is 1.17 bits per heavy atom. The number of hydrogen-bond donors (Lipinski definition) is 0. The van der Waals surface area contributed by atoms with E-state index in [0.717, 1.165) is 36.0 Å². The van der Waals surface area contributed by atoms with E-state index in [1.165, 1.54) is 28.3 Å². The maximum Gasteiger partial charge on any atom is 0.277 e. The molecular formula is C23H24N4O2. The Hall–Kier alpha value is -3.15. The van der Waals surface area contributed by atoms with E-state index in [1.807, 2.05) is 0 Å². The van der Waals surface area contributed by atoms with E-state index in [2.05, 4.69) is 47.1 Å². The third-order valence-corrected chi connectivity index (χ3v) is 5.58.